The monoisotopic (exact) mass is 422 g/mol. The van der Waals surface area contributed by atoms with Crippen LogP contribution < -0.4 is 25.8 Å². The maximum atomic E-state index is 12.5. The number of rotatable bonds is 5. The first kappa shape index (κ1) is 20.5. The average Bonchev–Trinajstić information content (AvgIpc) is 2.87. The standard InChI is InChI=1S/C12H15ClN6O7S/c1-19-9(7(8(13)17-19)10(21)26-3)27(23,24)18-12(22)16-11-14-5(20)4-6(15-11)25-2/h4,9,17H,1-3H3,(H3,14,15,16,18,20,22). The number of anilines is 1. The molecule has 2 rings (SSSR count). The van der Waals surface area contributed by atoms with Crippen LogP contribution in [0.2, 0.25) is 0 Å². The lowest BCUT2D eigenvalue weighted by molar-refractivity contribution is -0.136. The van der Waals surface area contributed by atoms with Gasteiger partial charge < -0.3 is 14.9 Å². The van der Waals surface area contributed by atoms with Crippen molar-refractivity contribution in [3.05, 3.63) is 27.1 Å². The third-order valence-corrected chi connectivity index (χ3v) is 5.10. The predicted octanol–water partition coefficient (Wildman–Crippen LogP) is -1.37. The van der Waals surface area contributed by atoms with Crippen LogP contribution in [0, 0.1) is 0 Å². The van der Waals surface area contributed by atoms with E-state index in [-0.39, 0.29) is 17.0 Å². The highest BCUT2D eigenvalue weighted by Gasteiger charge is 2.44. The highest BCUT2D eigenvalue weighted by Crippen LogP contribution is 2.26. The van der Waals surface area contributed by atoms with Gasteiger partial charge in [0.15, 0.2) is 5.37 Å². The van der Waals surface area contributed by atoms with E-state index in [4.69, 9.17) is 16.3 Å². The van der Waals surface area contributed by atoms with Gasteiger partial charge in [0.1, 0.15) is 10.7 Å². The summed E-state index contributed by atoms with van der Waals surface area (Å²) in [7, 11) is -0.890. The minimum absolute atomic E-state index is 0.0978. The fraction of sp³-hybridized carbons (Fsp3) is 0.333. The van der Waals surface area contributed by atoms with Gasteiger partial charge in [-0.1, -0.05) is 11.6 Å². The second-order valence-electron chi connectivity index (χ2n) is 5.03. The minimum Gasteiger partial charge on any atom is -0.481 e. The number of amides is 2. The summed E-state index contributed by atoms with van der Waals surface area (Å²) >= 11 is 5.83. The Morgan fingerprint density at radius 3 is 2.63 bits per heavy atom. The summed E-state index contributed by atoms with van der Waals surface area (Å²) in [5, 5.41) is 1.12. The third kappa shape index (κ3) is 4.47. The number of nitrogens with one attached hydrogen (secondary N) is 4. The van der Waals surface area contributed by atoms with Crippen LogP contribution >= 0.6 is 11.6 Å². The lowest BCUT2D eigenvalue weighted by Crippen LogP contribution is -2.49. The van der Waals surface area contributed by atoms with Crippen LogP contribution in [0.5, 0.6) is 5.88 Å². The van der Waals surface area contributed by atoms with Crippen molar-refractivity contribution in [3.8, 4) is 5.88 Å². The normalized spacial score (nSPS) is 17.3. The molecule has 0 spiro atoms. The van der Waals surface area contributed by atoms with E-state index >= 15 is 0 Å². The van der Waals surface area contributed by atoms with Crippen molar-refractivity contribution in [1.82, 2.24) is 25.1 Å². The van der Waals surface area contributed by atoms with Gasteiger partial charge in [0.05, 0.1) is 20.3 Å². The van der Waals surface area contributed by atoms with Crippen LogP contribution in [-0.4, -0.2) is 62.0 Å². The van der Waals surface area contributed by atoms with Crippen LogP contribution in [0.4, 0.5) is 10.7 Å². The number of likely N-dealkylation sites (N-methyl/N-ethyl adjacent to an activating group) is 1. The molecule has 1 atom stereocenters. The number of ether oxygens (including phenoxy) is 2. The van der Waals surface area contributed by atoms with Gasteiger partial charge in [-0.2, -0.15) is 4.98 Å². The van der Waals surface area contributed by atoms with Gasteiger partial charge in [-0.05, 0) is 0 Å². The second kappa shape index (κ2) is 7.81. The molecule has 0 radical (unpaired) electrons. The Kier molecular flexibility index (Phi) is 5.92. The largest absolute Gasteiger partial charge is 0.481 e. The van der Waals surface area contributed by atoms with Crippen LogP contribution in [-0.2, 0) is 19.6 Å². The summed E-state index contributed by atoms with van der Waals surface area (Å²) in [6.07, 6.45) is 0. The van der Waals surface area contributed by atoms with Crippen molar-refractivity contribution >= 4 is 39.6 Å². The van der Waals surface area contributed by atoms with E-state index in [0.717, 1.165) is 18.2 Å². The maximum Gasteiger partial charge on any atom is 0.339 e. The Hall–Kier alpha value is -2.84. The van der Waals surface area contributed by atoms with Crippen molar-refractivity contribution in [2.75, 3.05) is 26.6 Å². The van der Waals surface area contributed by atoms with Crippen molar-refractivity contribution in [2.45, 2.75) is 5.37 Å². The summed E-state index contributed by atoms with van der Waals surface area (Å²) in [4.78, 5) is 41.2. The number of hydrogen-bond donors (Lipinski definition) is 4. The highest BCUT2D eigenvalue weighted by atomic mass is 35.5. The van der Waals surface area contributed by atoms with E-state index in [1.165, 1.54) is 14.2 Å². The zero-order valence-corrected chi connectivity index (χ0v) is 15.8. The number of halogens is 1. The highest BCUT2D eigenvalue weighted by molar-refractivity contribution is 7.90. The van der Waals surface area contributed by atoms with Gasteiger partial charge in [0.25, 0.3) is 15.6 Å². The van der Waals surface area contributed by atoms with Crippen LogP contribution in [0.1, 0.15) is 0 Å². The number of carbonyl (C=O) groups is 2. The van der Waals surface area contributed by atoms with Gasteiger partial charge in [0.2, 0.25) is 11.8 Å². The Balaban J connectivity index is 2.22. The third-order valence-electron chi connectivity index (χ3n) is 3.20. The molecule has 0 aromatic carbocycles. The molecule has 15 heteroatoms. The number of sulfonamides is 1. The average molecular weight is 423 g/mol. The molecule has 1 unspecified atom stereocenters. The zero-order valence-electron chi connectivity index (χ0n) is 14.2. The Morgan fingerprint density at radius 2 is 2.04 bits per heavy atom. The molecule has 0 saturated carbocycles. The van der Waals surface area contributed by atoms with Crippen molar-refractivity contribution in [1.29, 1.82) is 0 Å². The molecule has 2 amide bonds. The number of hydrogen-bond acceptors (Lipinski definition) is 10. The fourth-order valence-corrected chi connectivity index (χ4v) is 3.95. The topological polar surface area (TPSA) is 172 Å². The lowest BCUT2D eigenvalue weighted by Gasteiger charge is -2.21. The zero-order chi connectivity index (χ0) is 20.4. The van der Waals surface area contributed by atoms with Gasteiger partial charge in [0, 0.05) is 7.05 Å². The number of methoxy groups -OCH3 is 2. The SMILES string of the molecule is COC(=O)C1=C(Cl)NN(C)C1S(=O)(=O)NC(=O)Nc1nc(OC)cc(=O)[nH]1. The molecule has 27 heavy (non-hydrogen) atoms. The molecular formula is C12H15ClN6O7S. The summed E-state index contributed by atoms with van der Waals surface area (Å²) in [5.74, 6) is -1.45. The minimum atomic E-state index is -4.48. The summed E-state index contributed by atoms with van der Waals surface area (Å²) in [6.45, 7) is 0. The molecular weight excluding hydrogens is 408 g/mol. The van der Waals surface area contributed by atoms with Crippen molar-refractivity contribution < 1.29 is 27.5 Å². The number of H-pyrrole nitrogens is 1. The molecule has 0 saturated heterocycles. The predicted molar refractivity (Wildman–Crippen MR) is 92.1 cm³/mol. The van der Waals surface area contributed by atoms with Crippen molar-refractivity contribution in [3.63, 3.8) is 0 Å². The van der Waals surface area contributed by atoms with Gasteiger partial charge in [-0.3, -0.25) is 15.1 Å². The molecule has 0 aliphatic carbocycles. The smallest absolute Gasteiger partial charge is 0.339 e. The van der Waals surface area contributed by atoms with Gasteiger partial charge >= 0.3 is 12.0 Å². The number of aromatic amines is 1. The number of nitrogens with zero attached hydrogens (tertiary/aromatic N) is 2. The summed E-state index contributed by atoms with van der Waals surface area (Å²) in [5.41, 5.74) is 1.39. The van der Waals surface area contributed by atoms with Crippen molar-refractivity contribution in [2.24, 2.45) is 0 Å². The molecule has 1 aromatic rings. The van der Waals surface area contributed by atoms with Gasteiger partial charge in [-0.15, -0.1) is 0 Å². The second-order valence-corrected chi connectivity index (χ2v) is 7.15. The number of esters is 1. The Bertz CT molecular complexity index is 959. The number of urea groups is 1. The Morgan fingerprint density at radius 1 is 1.37 bits per heavy atom. The van der Waals surface area contributed by atoms with E-state index in [0.29, 0.717) is 0 Å². The molecule has 1 aliphatic heterocycles. The lowest BCUT2D eigenvalue weighted by atomic mass is 10.3. The van der Waals surface area contributed by atoms with Crippen LogP contribution in [0.3, 0.4) is 0 Å². The van der Waals surface area contributed by atoms with E-state index in [1.807, 2.05) is 5.32 Å². The first-order valence-corrected chi connectivity index (χ1v) is 8.97. The maximum absolute atomic E-state index is 12.5. The first-order chi connectivity index (χ1) is 12.6. The number of carbonyl (C=O) groups excluding carboxylic acids is 2. The molecule has 1 aliphatic rings. The van der Waals surface area contributed by atoms with Crippen LogP contribution in [0.15, 0.2) is 21.6 Å². The fourth-order valence-electron chi connectivity index (χ4n) is 2.16. The summed E-state index contributed by atoms with van der Waals surface area (Å²) in [6, 6.07) is -0.221. The van der Waals surface area contributed by atoms with E-state index in [1.54, 1.807) is 4.72 Å². The van der Waals surface area contributed by atoms with E-state index in [9.17, 15) is 22.8 Å². The molecule has 0 bridgehead atoms. The summed E-state index contributed by atoms with van der Waals surface area (Å²) < 4.78 is 36.1. The Labute approximate surface area is 157 Å². The molecule has 1 aromatic heterocycles. The van der Waals surface area contributed by atoms with Gasteiger partial charge in [-0.25, -0.2) is 27.7 Å². The van der Waals surface area contributed by atoms with E-state index in [2.05, 4.69) is 20.1 Å². The molecule has 13 nitrogen and oxygen atoms in total. The van der Waals surface area contributed by atoms with E-state index < -0.39 is 38.5 Å². The quantitative estimate of drug-likeness (QED) is 0.327. The van der Waals surface area contributed by atoms with Crippen LogP contribution in [0.25, 0.3) is 0 Å². The first-order valence-electron chi connectivity index (χ1n) is 7.04. The molecule has 4 N–H and O–H groups in total. The molecule has 2 heterocycles. The molecule has 0 fully saturated rings. The molecule has 148 valence electrons. The number of aromatic nitrogens is 2. The number of hydrazine groups is 1.